The van der Waals surface area contributed by atoms with Crippen LogP contribution in [0.3, 0.4) is 0 Å². The summed E-state index contributed by atoms with van der Waals surface area (Å²) in [6.45, 7) is 1.05. The van der Waals surface area contributed by atoms with Crippen molar-refractivity contribution in [2.75, 3.05) is 25.5 Å². The van der Waals surface area contributed by atoms with Gasteiger partial charge in [-0.15, -0.1) is 0 Å². The van der Waals surface area contributed by atoms with E-state index in [1.165, 1.54) is 0 Å². The third-order valence-corrected chi connectivity index (χ3v) is 5.18. The number of benzene rings is 1. The van der Waals surface area contributed by atoms with Crippen molar-refractivity contribution in [2.45, 2.75) is 18.9 Å². The van der Waals surface area contributed by atoms with Crippen molar-refractivity contribution < 1.29 is 9.59 Å². The molecule has 3 aliphatic rings. The average molecular weight is 351 g/mol. The molecule has 3 fully saturated rings. The Labute approximate surface area is 152 Å². The minimum Gasteiger partial charge on any atom is -0.341 e. The summed E-state index contributed by atoms with van der Waals surface area (Å²) in [5, 5.41) is 3.10. The minimum absolute atomic E-state index is 0.0948. The van der Waals surface area contributed by atoms with E-state index in [0.717, 1.165) is 18.5 Å². The maximum atomic E-state index is 12.9. The lowest BCUT2D eigenvalue weighted by Gasteiger charge is -2.32. The molecule has 4 heterocycles. The quantitative estimate of drug-likeness (QED) is 0.914. The van der Waals surface area contributed by atoms with Crippen LogP contribution in [-0.4, -0.2) is 57.8 Å². The number of hydrogen-bond acceptors (Lipinski definition) is 5. The predicted molar refractivity (Wildman–Crippen MR) is 96.9 cm³/mol. The lowest BCUT2D eigenvalue weighted by molar-refractivity contribution is -0.138. The number of para-hydroxylation sites is 1. The lowest BCUT2D eigenvalue weighted by atomic mass is 9.95. The van der Waals surface area contributed by atoms with Crippen molar-refractivity contribution in [3.63, 3.8) is 0 Å². The molecule has 0 saturated carbocycles. The Kier molecular flexibility index (Phi) is 4.28. The van der Waals surface area contributed by atoms with Gasteiger partial charge in [0.2, 0.25) is 11.9 Å². The highest BCUT2D eigenvalue weighted by atomic mass is 16.2. The van der Waals surface area contributed by atoms with E-state index in [2.05, 4.69) is 15.3 Å². The van der Waals surface area contributed by atoms with Crippen LogP contribution in [0.4, 0.5) is 11.6 Å². The molecule has 3 aliphatic heterocycles. The Bertz CT molecular complexity index is 808. The summed E-state index contributed by atoms with van der Waals surface area (Å²) < 4.78 is 0. The molecule has 5 rings (SSSR count). The third-order valence-electron chi connectivity index (χ3n) is 5.18. The molecular weight excluding hydrogens is 330 g/mol. The van der Waals surface area contributed by atoms with E-state index in [4.69, 9.17) is 0 Å². The summed E-state index contributed by atoms with van der Waals surface area (Å²) >= 11 is 0. The van der Waals surface area contributed by atoms with Gasteiger partial charge < -0.3 is 15.1 Å². The van der Waals surface area contributed by atoms with Gasteiger partial charge >= 0.3 is 0 Å². The number of rotatable bonds is 3. The second-order valence-corrected chi connectivity index (χ2v) is 6.87. The van der Waals surface area contributed by atoms with Crippen molar-refractivity contribution in [3.05, 3.63) is 48.3 Å². The first-order valence-electron chi connectivity index (χ1n) is 8.82. The number of aromatic nitrogens is 2. The van der Waals surface area contributed by atoms with Crippen LogP contribution in [0, 0.1) is 5.92 Å². The van der Waals surface area contributed by atoms with Crippen LogP contribution in [-0.2, 0) is 4.79 Å². The smallest absolute Gasteiger partial charge is 0.257 e. The molecule has 0 aliphatic carbocycles. The number of amides is 2. The van der Waals surface area contributed by atoms with E-state index in [1.54, 1.807) is 22.2 Å². The Morgan fingerprint density at radius 2 is 1.85 bits per heavy atom. The van der Waals surface area contributed by atoms with Gasteiger partial charge in [-0.05, 0) is 25.0 Å². The van der Waals surface area contributed by atoms with Gasteiger partial charge in [0.05, 0.1) is 11.5 Å². The van der Waals surface area contributed by atoms with Crippen molar-refractivity contribution in [3.8, 4) is 0 Å². The maximum absolute atomic E-state index is 12.9. The molecule has 2 aromatic rings. The summed E-state index contributed by atoms with van der Waals surface area (Å²) in [6, 6.07) is 9.72. The van der Waals surface area contributed by atoms with Gasteiger partial charge in [-0.1, -0.05) is 18.2 Å². The monoisotopic (exact) mass is 351 g/mol. The molecule has 134 valence electrons. The molecule has 1 N–H and O–H groups in total. The average Bonchev–Trinajstić information content (AvgIpc) is 2.96. The molecular formula is C19H21N5O2. The van der Waals surface area contributed by atoms with Gasteiger partial charge in [-0.2, -0.15) is 0 Å². The minimum atomic E-state index is -0.115. The first-order chi connectivity index (χ1) is 12.6. The highest BCUT2D eigenvalue weighted by molar-refractivity contribution is 5.94. The highest BCUT2D eigenvalue weighted by Crippen LogP contribution is 2.28. The Morgan fingerprint density at radius 3 is 2.58 bits per heavy atom. The van der Waals surface area contributed by atoms with E-state index in [0.29, 0.717) is 24.6 Å². The Balaban J connectivity index is 1.47. The summed E-state index contributed by atoms with van der Waals surface area (Å²) in [7, 11) is 1.83. The van der Waals surface area contributed by atoms with Crippen LogP contribution in [0.1, 0.15) is 23.2 Å². The number of nitrogens with one attached hydrogen (secondary N) is 1. The van der Waals surface area contributed by atoms with Crippen LogP contribution >= 0.6 is 0 Å². The van der Waals surface area contributed by atoms with Crippen LogP contribution in [0.5, 0.6) is 0 Å². The molecule has 1 aromatic carbocycles. The standard InChI is InChI=1S/C19H21N5O2/c1-23-16-8-7-13(17(23)25)11-24(12-16)18(26)14-9-20-19(21-10-14)22-15-5-3-2-4-6-15/h2-6,9-10,13,16H,7-8,11-12H2,1H3,(H,20,21,22)/t13-,16+/m0/s1. The highest BCUT2D eigenvalue weighted by Gasteiger charge is 2.40. The zero-order valence-electron chi connectivity index (χ0n) is 14.6. The van der Waals surface area contributed by atoms with Gasteiger partial charge in [0.1, 0.15) is 0 Å². The summed E-state index contributed by atoms with van der Waals surface area (Å²) in [5.74, 6) is 0.382. The number of piperidine rings is 1. The van der Waals surface area contributed by atoms with Crippen molar-refractivity contribution in [1.82, 2.24) is 19.8 Å². The molecule has 0 spiro atoms. The molecule has 2 amide bonds. The summed E-state index contributed by atoms with van der Waals surface area (Å²) in [5.41, 5.74) is 1.33. The number of carbonyl (C=O) groups is 2. The zero-order chi connectivity index (χ0) is 18.1. The molecule has 0 radical (unpaired) electrons. The molecule has 0 unspecified atom stereocenters. The number of anilines is 2. The second kappa shape index (κ2) is 6.74. The number of likely N-dealkylation sites (N-methyl/N-ethyl adjacent to an activating group) is 1. The molecule has 2 bridgehead atoms. The van der Waals surface area contributed by atoms with Crippen LogP contribution in [0.25, 0.3) is 0 Å². The van der Waals surface area contributed by atoms with Crippen molar-refractivity contribution >= 4 is 23.5 Å². The van der Waals surface area contributed by atoms with Crippen LogP contribution in [0.2, 0.25) is 0 Å². The molecule has 2 atom stereocenters. The van der Waals surface area contributed by atoms with E-state index in [9.17, 15) is 9.59 Å². The summed E-state index contributed by atoms with van der Waals surface area (Å²) in [4.78, 5) is 37.2. The van der Waals surface area contributed by atoms with Gasteiger partial charge in [-0.25, -0.2) is 9.97 Å². The first-order valence-corrected chi connectivity index (χ1v) is 8.82. The van der Waals surface area contributed by atoms with Gasteiger partial charge in [-0.3, -0.25) is 9.59 Å². The predicted octanol–water partition coefficient (Wildman–Crippen LogP) is 1.91. The fourth-order valence-corrected chi connectivity index (χ4v) is 3.66. The van der Waals surface area contributed by atoms with Gasteiger partial charge in [0.25, 0.3) is 5.91 Å². The van der Waals surface area contributed by atoms with E-state index in [1.807, 2.05) is 37.4 Å². The summed E-state index contributed by atoms with van der Waals surface area (Å²) in [6.07, 6.45) is 4.89. The third kappa shape index (κ3) is 3.12. The molecule has 26 heavy (non-hydrogen) atoms. The van der Waals surface area contributed by atoms with E-state index in [-0.39, 0.29) is 23.8 Å². The topological polar surface area (TPSA) is 78.4 Å². The van der Waals surface area contributed by atoms with E-state index >= 15 is 0 Å². The normalized spacial score (nSPS) is 22.3. The molecule has 7 heteroatoms. The number of hydrogen-bond donors (Lipinski definition) is 1. The Morgan fingerprint density at radius 1 is 1.12 bits per heavy atom. The fourth-order valence-electron chi connectivity index (χ4n) is 3.66. The number of fused-ring (bicyclic) bond motifs is 4. The molecule has 3 saturated heterocycles. The molecule has 1 aromatic heterocycles. The van der Waals surface area contributed by atoms with Crippen LogP contribution in [0.15, 0.2) is 42.7 Å². The Hall–Kier alpha value is -2.96. The van der Waals surface area contributed by atoms with Gasteiger partial charge in [0, 0.05) is 44.3 Å². The first kappa shape index (κ1) is 16.5. The fraction of sp³-hybridized carbons (Fsp3) is 0.368. The second-order valence-electron chi connectivity index (χ2n) is 6.87. The van der Waals surface area contributed by atoms with Crippen molar-refractivity contribution in [1.29, 1.82) is 0 Å². The zero-order valence-corrected chi connectivity index (χ0v) is 14.6. The van der Waals surface area contributed by atoms with Crippen molar-refractivity contribution in [2.24, 2.45) is 5.92 Å². The number of nitrogens with zero attached hydrogens (tertiary/aromatic N) is 4. The largest absolute Gasteiger partial charge is 0.341 e. The SMILES string of the molecule is CN1C(=O)[C@H]2CC[C@@H]1CN(C(=O)c1cnc(Nc3ccccc3)nc1)C2. The van der Waals surface area contributed by atoms with Crippen LogP contribution < -0.4 is 5.32 Å². The number of carbonyl (C=O) groups excluding carboxylic acids is 2. The lowest BCUT2D eigenvalue weighted by Crippen LogP contribution is -2.45. The van der Waals surface area contributed by atoms with E-state index < -0.39 is 0 Å². The molecule has 7 nitrogen and oxygen atoms in total. The maximum Gasteiger partial charge on any atom is 0.257 e. The van der Waals surface area contributed by atoms with Gasteiger partial charge in [0.15, 0.2) is 0 Å².